The quantitative estimate of drug-likeness (QED) is 0.679. The minimum absolute atomic E-state index is 0.0647. The number of carbonyl (C=O) groups is 2. The average molecular weight is 408 g/mol. The van der Waals surface area contributed by atoms with Crippen molar-refractivity contribution in [1.29, 1.82) is 0 Å². The summed E-state index contributed by atoms with van der Waals surface area (Å²) in [5.41, 5.74) is 2.17. The molecular weight excluding hydrogens is 388 g/mol. The molecule has 10 heteroatoms. The number of amides is 2. The number of benzene rings is 2. The lowest BCUT2D eigenvalue weighted by molar-refractivity contribution is 0.0303. The van der Waals surface area contributed by atoms with Crippen LogP contribution in [0.5, 0.6) is 5.75 Å². The number of nitrogens with one attached hydrogen (secondary N) is 1. The second-order valence-corrected chi connectivity index (χ2v) is 6.58. The number of anilines is 1. The van der Waals surface area contributed by atoms with Crippen LogP contribution in [0.3, 0.4) is 0 Å². The minimum Gasteiger partial charge on any atom is -0.494 e. The molecule has 2 heterocycles. The number of morpholine rings is 1. The highest BCUT2D eigenvalue weighted by molar-refractivity contribution is 6.05. The van der Waals surface area contributed by atoms with Gasteiger partial charge < -0.3 is 19.7 Å². The predicted molar refractivity (Wildman–Crippen MR) is 107 cm³/mol. The largest absolute Gasteiger partial charge is 0.494 e. The maximum atomic E-state index is 12.7. The Morgan fingerprint density at radius 1 is 1.07 bits per heavy atom. The maximum Gasteiger partial charge on any atom is 0.255 e. The van der Waals surface area contributed by atoms with E-state index in [-0.39, 0.29) is 11.8 Å². The Morgan fingerprint density at radius 3 is 2.47 bits per heavy atom. The number of methoxy groups -OCH3 is 1. The van der Waals surface area contributed by atoms with Crippen molar-refractivity contribution in [1.82, 2.24) is 25.1 Å². The van der Waals surface area contributed by atoms with E-state index < -0.39 is 0 Å². The number of tetrazole rings is 1. The van der Waals surface area contributed by atoms with Gasteiger partial charge in [-0.25, -0.2) is 4.68 Å². The summed E-state index contributed by atoms with van der Waals surface area (Å²) in [4.78, 5) is 26.9. The smallest absolute Gasteiger partial charge is 0.255 e. The lowest BCUT2D eigenvalue weighted by Crippen LogP contribution is -2.40. The number of aromatic nitrogens is 4. The van der Waals surface area contributed by atoms with Gasteiger partial charge in [0.05, 0.1) is 31.7 Å². The van der Waals surface area contributed by atoms with Crippen LogP contribution in [0, 0.1) is 0 Å². The summed E-state index contributed by atoms with van der Waals surface area (Å²) in [5.74, 6) is 0.0921. The van der Waals surface area contributed by atoms with Crippen LogP contribution >= 0.6 is 0 Å². The van der Waals surface area contributed by atoms with E-state index in [0.29, 0.717) is 54.6 Å². The molecule has 2 aromatic carbocycles. The van der Waals surface area contributed by atoms with Crippen molar-refractivity contribution < 1.29 is 19.1 Å². The van der Waals surface area contributed by atoms with Gasteiger partial charge in [-0.15, -0.1) is 5.10 Å². The van der Waals surface area contributed by atoms with Crippen molar-refractivity contribution in [2.75, 3.05) is 38.7 Å². The molecule has 154 valence electrons. The van der Waals surface area contributed by atoms with Crippen LogP contribution in [-0.4, -0.2) is 70.3 Å². The summed E-state index contributed by atoms with van der Waals surface area (Å²) in [6.07, 6.45) is 1.47. The van der Waals surface area contributed by atoms with E-state index in [1.165, 1.54) is 18.1 Å². The summed E-state index contributed by atoms with van der Waals surface area (Å²) >= 11 is 0. The Balaban J connectivity index is 1.46. The second kappa shape index (κ2) is 8.70. The molecule has 2 amide bonds. The number of nitrogens with zero attached hydrogens (tertiary/aromatic N) is 5. The third kappa shape index (κ3) is 4.13. The molecule has 0 bridgehead atoms. The third-order valence-electron chi connectivity index (χ3n) is 4.74. The monoisotopic (exact) mass is 408 g/mol. The van der Waals surface area contributed by atoms with E-state index in [2.05, 4.69) is 20.8 Å². The Bertz CT molecular complexity index is 1030. The van der Waals surface area contributed by atoms with E-state index >= 15 is 0 Å². The van der Waals surface area contributed by atoms with Gasteiger partial charge in [0.2, 0.25) is 0 Å². The highest BCUT2D eigenvalue weighted by Gasteiger charge is 2.19. The number of rotatable bonds is 5. The lowest BCUT2D eigenvalue weighted by Gasteiger charge is -2.26. The molecule has 0 aliphatic carbocycles. The molecule has 0 saturated carbocycles. The minimum atomic E-state index is -0.311. The molecule has 1 saturated heterocycles. The van der Waals surface area contributed by atoms with Gasteiger partial charge in [0.25, 0.3) is 11.8 Å². The van der Waals surface area contributed by atoms with Crippen molar-refractivity contribution in [3.05, 3.63) is 59.9 Å². The molecule has 30 heavy (non-hydrogen) atoms. The van der Waals surface area contributed by atoms with Gasteiger partial charge in [-0.2, -0.15) is 0 Å². The van der Waals surface area contributed by atoms with Crippen molar-refractivity contribution in [3.63, 3.8) is 0 Å². The molecule has 0 unspecified atom stereocenters. The van der Waals surface area contributed by atoms with Crippen molar-refractivity contribution in [2.45, 2.75) is 0 Å². The topological polar surface area (TPSA) is 111 Å². The van der Waals surface area contributed by atoms with Crippen molar-refractivity contribution in [3.8, 4) is 11.4 Å². The fraction of sp³-hybridized carbons (Fsp3) is 0.250. The molecule has 1 aromatic heterocycles. The van der Waals surface area contributed by atoms with Crippen LogP contribution in [0.15, 0.2) is 48.8 Å². The Morgan fingerprint density at radius 2 is 1.80 bits per heavy atom. The molecular formula is C20H20N6O4. The normalized spacial score (nSPS) is 13.7. The second-order valence-electron chi connectivity index (χ2n) is 6.58. The van der Waals surface area contributed by atoms with Gasteiger partial charge in [0.15, 0.2) is 0 Å². The summed E-state index contributed by atoms with van der Waals surface area (Å²) in [7, 11) is 1.51. The Kier molecular flexibility index (Phi) is 5.66. The zero-order chi connectivity index (χ0) is 20.9. The first-order valence-corrected chi connectivity index (χ1v) is 9.35. The highest BCUT2D eigenvalue weighted by Crippen LogP contribution is 2.27. The van der Waals surface area contributed by atoms with Crippen LogP contribution in [0.25, 0.3) is 5.69 Å². The number of hydrogen-bond donors (Lipinski definition) is 1. The van der Waals surface area contributed by atoms with Crippen LogP contribution in [0.1, 0.15) is 20.7 Å². The fourth-order valence-electron chi connectivity index (χ4n) is 3.11. The number of carbonyl (C=O) groups excluding carboxylic acids is 2. The van der Waals surface area contributed by atoms with Gasteiger partial charge in [-0.05, 0) is 46.8 Å². The molecule has 0 atom stereocenters. The zero-order valence-corrected chi connectivity index (χ0v) is 16.3. The molecule has 4 rings (SSSR count). The summed E-state index contributed by atoms with van der Waals surface area (Å²) in [6.45, 7) is 2.23. The first-order valence-electron chi connectivity index (χ1n) is 9.35. The molecule has 1 aliphatic rings. The van der Waals surface area contributed by atoms with Gasteiger partial charge in [-0.1, -0.05) is 0 Å². The zero-order valence-electron chi connectivity index (χ0n) is 16.3. The number of hydrogen-bond acceptors (Lipinski definition) is 7. The van der Waals surface area contributed by atoms with Crippen molar-refractivity contribution >= 4 is 17.5 Å². The Hall–Kier alpha value is -3.79. The maximum absolute atomic E-state index is 12.7. The van der Waals surface area contributed by atoms with Gasteiger partial charge >= 0.3 is 0 Å². The average Bonchev–Trinajstić information content (AvgIpc) is 3.34. The van der Waals surface area contributed by atoms with E-state index in [1.54, 1.807) is 47.4 Å². The first-order chi connectivity index (χ1) is 14.7. The van der Waals surface area contributed by atoms with E-state index in [9.17, 15) is 9.59 Å². The molecule has 10 nitrogen and oxygen atoms in total. The molecule has 0 spiro atoms. The Labute approximate surface area is 172 Å². The van der Waals surface area contributed by atoms with Gasteiger partial charge in [-0.3, -0.25) is 9.59 Å². The van der Waals surface area contributed by atoms with E-state index in [4.69, 9.17) is 9.47 Å². The summed E-state index contributed by atoms with van der Waals surface area (Å²) in [5, 5.41) is 13.9. The fourth-order valence-corrected chi connectivity index (χ4v) is 3.11. The molecule has 1 fully saturated rings. The van der Waals surface area contributed by atoms with Crippen LogP contribution in [0.2, 0.25) is 0 Å². The SMILES string of the molecule is COc1cc(-n2cnnn2)ccc1NC(=O)c1ccc(C(=O)N2CCOCC2)cc1. The van der Waals surface area contributed by atoms with E-state index in [1.807, 2.05) is 0 Å². The third-order valence-corrected chi connectivity index (χ3v) is 4.74. The lowest BCUT2D eigenvalue weighted by atomic mass is 10.1. The van der Waals surface area contributed by atoms with Gasteiger partial charge in [0, 0.05) is 30.3 Å². The summed E-state index contributed by atoms with van der Waals surface area (Å²) in [6, 6.07) is 11.8. The van der Waals surface area contributed by atoms with Crippen LogP contribution < -0.4 is 10.1 Å². The summed E-state index contributed by atoms with van der Waals surface area (Å²) < 4.78 is 12.1. The highest BCUT2D eigenvalue weighted by atomic mass is 16.5. The van der Waals surface area contributed by atoms with Gasteiger partial charge in [0.1, 0.15) is 12.1 Å². The predicted octanol–water partition coefficient (Wildman–Crippen LogP) is 1.40. The van der Waals surface area contributed by atoms with E-state index in [0.717, 1.165) is 0 Å². The molecule has 0 radical (unpaired) electrons. The first kappa shape index (κ1) is 19.5. The number of ether oxygens (including phenoxy) is 2. The standard InChI is InChI=1S/C20H20N6O4/c1-29-18-12-16(26-13-21-23-24-26)6-7-17(18)22-19(27)14-2-4-15(5-3-14)20(28)25-8-10-30-11-9-25/h2-7,12-13H,8-11H2,1H3,(H,22,27). The molecule has 1 aliphatic heterocycles. The molecule has 3 aromatic rings. The van der Waals surface area contributed by atoms with Crippen LogP contribution in [0.4, 0.5) is 5.69 Å². The molecule has 1 N–H and O–H groups in total. The van der Waals surface area contributed by atoms with Crippen molar-refractivity contribution in [2.24, 2.45) is 0 Å². The van der Waals surface area contributed by atoms with Crippen LogP contribution in [-0.2, 0) is 4.74 Å².